The van der Waals surface area contributed by atoms with Crippen molar-refractivity contribution in [2.45, 2.75) is 76.7 Å². The quantitative estimate of drug-likeness (QED) is 0.740. The smallest absolute Gasteiger partial charge is 0.162 e. The van der Waals surface area contributed by atoms with Gasteiger partial charge in [0, 0.05) is 30.8 Å². The van der Waals surface area contributed by atoms with Crippen molar-refractivity contribution in [1.82, 2.24) is 24.8 Å². The molecule has 1 saturated heterocycles. The Balaban J connectivity index is 1.07. The molecule has 0 aromatic carbocycles. The summed E-state index contributed by atoms with van der Waals surface area (Å²) in [7, 11) is 0. The Labute approximate surface area is 174 Å². The van der Waals surface area contributed by atoms with Crippen LogP contribution in [0.15, 0.2) is 31.1 Å². The third kappa shape index (κ3) is 4.35. The largest absolute Gasteiger partial charge is 0.300 e. The minimum Gasteiger partial charge on any atom is -0.300 e. The van der Waals surface area contributed by atoms with Crippen LogP contribution in [0.4, 0.5) is 0 Å². The van der Waals surface area contributed by atoms with Gasteiger partial charge in [-0.05, 0) is 94.2 Å². The molecule has 3 aliphatic rings. The molecule has 1 spiro atoms. The van der Waals surface area contributed by atoms with Gasteiger partial charge in [0.15, 0.2) is 5.82 Å². The zero-order chi connectivity index (χ0) is 19.5. The second kappa shape index (κ2) is 8.47. The van der Waals surface area contributed by atoms with Gasteiger partial charge in [0.25, 0.3) is 0 Å². The number of hydrogen-bond donors (Lipinski definition) is 0. The van der Waals surface area contributed by atoms with E-state index in [2.05, 4.69) is 24.8 Å². The van der Waals surface area contributed by atoms with E-state index >= 15 is 0 Å². The van der Waals surface area contributed by atoms with Gasteiger partial charge >= 0.3 is 0 Å². The van der Waals surface area contributed by atoms with E-state index in [1.165, 1.54) is 89.2 Å². The Morgan fingerprint density at radius 2 is 1.55 bits per heavy atom. The Hall–Kier alpha value is -1.88. The lowest BCUT2D eigenvalue weighted by Gasteiger charge is -2.49. The molecular formula is C24H33N5. The van der Waals surface area contributed by atoms with Crippen molar-refractivity contribution < 1.29 is 0 Å². The zero-order valence-electron chi connectivity index (χ0n) is 17.5. The van der Waals surface area contributed by atoms with Crippen molar-refractivity contribution in [3.63, 3.8) is 0 Å². The first kappa shape index (κ1) is 19.1. The molecule has 2 aliphatic carbocycles. The van der Waals surface area contributed by atoms with Crippen molar-refractivity contribution in [3.8, 4) is 11.4 Å². The average Bonchev–Trinajstić information content (AvgIpc) is 2.75. The molecule has 154 valence electrons. The topological polar surface area (TPSA) is 54.8 Å². The molecule has 0 unspecified atom stereocenters. The number of likely N-dealkylation sites (tertiary alicyclic amines) is 1. The lowest BCUT2D eigenvalue weighted by molar-refractivity contribution is 0.0140. The normalized spacial score (nSPS) is 23.2. The van der Waals surface area contributed by atoms with Gasteiger partial charge in [0.2, 0.25) is 0 Å². The first-order valence-corrected chi connectivity index (χ1v) is 11.6. The fourth-order valence-electron chi connectivity index (χ4n) is 5.61. The van der Waals surface area contributed by atoms with Crippen molar-refractivity contribution in [1.29, 1.82) is 0 Å². The molecule has 0 bridgehead atoms. The van der Waals surface area contributed by atoms with Crippen LogP contribution < -0.4 is 0 Å². The van der Waals surface area contributed by atoms with Crippen LogP contribution in [0.2, 0.25) is 0 Å². The molecule has 0 N–H and O–H groups in total. The summed E-state index contributed by atoms with van der Waals surface area (Å²) < 4.78 is 0. The number of hydrogen-bond acceptors (Lipinski definition) is 5. The van der Waals surface area contributed by atoms with E-state index in [0.29, 0.717) is 11.2 Å². The standard InChI is InChI=1S/C24H33N5/c1-2-22(3-1)29-12-10-24(11-13-29)8-6-19(7-9-24)4-5-20-14-27-23(28-15-20)21-16-25-18-26-17-21/h14-19,22H,1-13H2. The fourth-order valence-corrected chi connectivity index (χ4v) is 5.61. The molecule has 0 radical (unpaired) electrons. The molecule has 0 amide bonds. The van der Waals surface area contributed by atoms with E-state index in [1.54, 1.807) is 12.4 Å². The summed E-state index contributed by atoms with van der Waals surface area (Å²) in [6, 6.07) is 0.937. The van der Waals surface area contributed by atoms with Crippen LogP contribution in [0, 0.1) is 11.3 Å². The SMILES string of the molecule is c1ncc(-c2ncc(CCC3CCC4(CC3)CCN(C3CCC3)CC4)cn2)cn1. The molecule has 3 fully saturated rings. The molecule has 2 aromatic heterocycles. The second-order valence-electron chi connectivity index (χ2n) is 9.64. The molecule has 2 saturated carbocycles. The highest BCUT2D eigenvalue weighted by Gasteiger charge is 2.39. The van der Waals surface area contributed by atoms with Gasteiger partial charge in [-0.2, -0.15) is 0 Å². The number of nitrogens with zero attached hydrogens (tertiary/aromatic N) is 5. The Morgan fingerprint density at radius 1 is 0.862 bits per heavy atom. The van der Waals surface area contributed by atoms with Crippen LogP contribution in [0.5, 0.6) is 0 Å². The molecular weight excluding hydrogens is 358 g/mol. The van der Waals surface area contributed by atoms with E-state index in [1.807, 2.05) is 12.4 Å². The van der Waals surface area contributed by atoms with E-state index in [-0.39, 0.29) is 0 Å². The van der Waals surface area contributed by atoms with E-state index in [9.17, 15) is 0 Å². The average molecular weight is 392 g/mol. The number of rotatable bonds is 5. The minimum absolute atomic E-state index is 0.680. The lowest BCUT2D eigenvalue weighted by atomic mass is 9.64. The number of aromatic nitrogens is 4. The van der Waals surface area contributed by atoms with E-state index in [4.69, 9.17) is 0 Å². The molecule has 5 nitrogen and oxygen atoms in total. The van der Waals surface area contributed by atoms with Crippen molar-refractivity contribution in [3.05, 3.63) is 36.7 Å². The van der Waals surface area contributed by atoms with Crippen molar-refractivity contribution >= 4 is 0 Å². The van der Waals surface area contributed by atoms with Gasteiger partial charge in [-0.25, -0.2) is 19.9 Å². The highest BCUT2D eigenvalue weighted by atomic mass is 15.2. The van der Waals surface area contributed by atoms with Gasteiger partial charge in [-0.15, -0.1) is 0 Å². The first-order valence-electron chi connectivity index (χ1n) is 11.6. The molecule has 5 heteroatoms. The van der Waals surface area contributed by atoms with Gasteiger partial charge in [0.05, 0.1) is 5.56 Å². The summed E-state index contributed by atoms with van der Waals surface area (Å²) >= 11 is 0. The maximum atomic E-state index is 4.52. The molecule has 29 heavy (non-hydrogen) atoms. The summed E-state index contributed by atoms with van der Waals surface area (Å²) in [5.74, 6) is 1.59. The molecule has 0 atom stereocenters. The molecule has 2 aromatic rings. The predicted octanol–water partition coefficient (Wildman–Crippen LogP) is 4.69. The predicted molar refractivity (Wildman–Crippen MR) is 114 cm³/mol. The summed E-state index contributed by atoms with van der Waals surface area (Å²) in [6.07, 6.45) is 24.4. The van der Waals surface area contributed by atoms with Crippen LogP contribution in [0.25, 0.3) is 11.4 Å². The van der Waals surface area contributed by atoms with E-state index < -0.39 is 0 Å². The van der Waals surface area contributed by atoms with Crippen LogP contribution in [0.1, 0.15) is 69.8 Å². The monoisotopic (exact) mass is 391 g/mol. The summed E-state index contributed by atoms with van der Waals surface area (Å²) in [5.41, 5.74) is 2.80. The number of piperidine rings is 1. The van der Waals surface area contributed by atoms with Crippen molar-refractivity contribution in [2.24, 2.45) is 11.3 Å². The fraction of sp³-hybridized carbons (Fsp3) is 0.667. The van der Waals surface area contributed by atoms with Gasteiger partial charge in [-0.3, -0.25) is 0 Å². The second-order valence-corrected chi connectivity index (χ2v) is 9.64. The lowest BCUT2D eigenvalue weighted by Crippen LogP contribution is -2.48. The van der Waals surface area contributed by atoms with Gasteiger partial charge < -0.3 is 4.90 Å². The van der Waals surface area contributed by atoms with Gasteiger partial charge in [0.1, 0.15) is 6.33 Å². The molecule has 5 rings (SSSR count). The summed E-state index contributed by atoms with van der Waals surface area (Å²) in [5, 5.41) is 0. The highest BCUT2D eigenvalue weighted by Crippen LogP contribution is 2.48. The van der Waals surface area contributed by atoms with Crippen LogP contribution in [-0.2, 0) is 6.42 Å². The summed E-state index contributed by atoms with van der Waals surface area (Å²) in [4.78, 5) is 19.9. The zero-order valence-corrected chi connectivity index (χ0v) is 17.5. The third-order valence-electron chi connectivity index (χ3n) is 7.98. The highest BCUT2D eigenvalue weighted by molar-refractivity contribution is 5.50. The van der Waals surface area contributed by atoms with Crippen LogP contribution in [0.3, 0.4) is 0 Å². The Bertz CT molecular complexity index is 769. The maximum Gasteiger partial charge on any atom is 0.162 e. The van der Waals surface area contributed by atoms with E-state index in [0.717, 1.165) is 23.9 Å². The minimum atomic E-state index is 0.680. The maximum absolute atomic E-state index is 4.52. The Morgan fingerprint density at radius 3 is 2.17 bits per heavy atom. The van der Waals surface area contributed by atoms with Crippen molar-refractivity contribution in [2.75, 3.05) is 13.1 Å². The number of aryl methyl sites for hydroxylation is 1. The molecule has 3 heterocycles. The first-order chi connectivity index (χ1) is 14.3. The van der Waals surface area contributed by atoms with Gasteiger partial charge in [-0.1, -0.05) is 6.42 Å². The molecule has 1 aliphatic heterocycles. The van der Waals surface area contributed by atoms with Crippen LogP contribution in [-0.4, -0.2) is 44.0 Å². The van der Waals surface area contributed by atoms with Crippen LogP contribution >= 0.6 is 0 Å². The Kier molecular flexibility index (Phi) is 5.58. The third-order valence-corrected chi connectivity index (χ3v) is 7.98. The summed E-state index contributed by atoms with van der Waals surface area (Å²) in [6.45, 7) is 2.73.